The highest BCUT2D eigenvalue weighted by molar-refractivity contribution is 5.77. The molecule has 4 heterocycles. The molecule has 41 heavy (non-hydrogen) atoms. The highest BCUT2D eigenvalue weighted by Gasteiger charge is 2.50. The van der Waals surface area contributed by atoms with Crippen LogP contribution in [0.4, 0.5) is 13.2 Å². The number of hydrogen-bond donors (Lipinski definition) is 1. The zero-order valence-electron chi connectivity index (χ0n) is 25.9. The van der Waals surface area contributed by atoms with Crippen LogP contribution in [0.1, 0.15) is 70.7 Å². The monoisotopic (exact) mass is 577 g/mol. The second kappa shape index (κ2) is 10.6. The summed E-state index contributed by atoms with van der Waals surface area (Å²) in [4.78, 5) is 31.7. The average Bonchev–Trinajstić information content (AvgIpc) is 3.43. The number of carbonyl (C=O) groups excluding carboxylic acids is 2. The molecule has 0 radical (unpaired) electrons. The minimum atomic E-state index is -4.66. The number of halogens is 3. The van der Waals surface area contributed by atoms with Crippen molar-refractivity contribution in [2.45, 2.75) is 81.8 Å². The molecule has 3 saturated heterocycles. The molecular weight excluding hydrogens is 537 g/mol. The van der Waals surface area contributed by atoms with Gasteiger partial charge in [0.2, 0.25) is 11.8 Å². The van der Waals surface area contributed by atoms with E-state index in [-0.39, 0.29) is 36.3 Å². The van der Waals surface area contributed by atoms with E-state index in [2.05, 4.69) is 14.9 Å². The number of methoxy groups -OCH3 is 1. The summed E-state index contributed by atoms with van der Waals surface area (Å²) in [6.07, 6.45) is -0.701. The molecular formula is C29H37F3N6O3. The third-order valence-electron chi connectivity index (χ3n) is 9.19. The number of carbonyl (C=O) groups is 2. The Labute approximate surface area is 241 Å². The van der Waals surface area contributed by atoms with Crippen LogP contribution in [-0.4, -0.2) is 87.6 Å². The number of rotatable bonds is 8. The fraction of sp³-hybridized carbons (Fsp3) is 0.621. The number of alkyl halides is 3. The lowest BCUT2D eigenvalue weighted by molar-refractivity contribution is -0.146. The summed E-state index contributed by atoms with van der Waals surface area (Å²) in [6, 6.07) is 5.62. The number of likely N-dealkylation sites (tertiary alicyclic amines) is 2. The Morgan fingerprint density at radius 1 is 1.12 bits per heavy atom. The van der Waals surface area contributed by atoms with Crippen LogP contribution in [0.25, 0.3) is 0 Å². The Hall–Kier alpha value is -3.12. The second-order valence-electron chi connectivity index (χ2n) is 11.8. The lowest BCUT2D eigenvalue weighted by atomic mass is 9.92. The molecule has 1 aliphatic carbocycles. The molecule has 6 rings (SSSR count). The summed E-state index contributed by atoms with van der Waals surface area (Å²) in [7, 11) is -2.68. The molecule has 222 valence electrons. The number of fused-ring (bicyclic) bond motifs is 2. The van der Waals surface area contributed by atoms with Gasteiger partial charge in [-0.3, -0.25) is 24.1 Å². The van der Waals surface area contributed by atoms with E-state index in [1.54, 1.807) is 24.0 Å². The van der Waals surface area contributed by atoms with Gasteiger partial charge >= 0.3 is 6.18 Å². The number of benzene rings is 1. The zero-order valence-corrected chi connectivity index (χ0v) is 22.9. The first kappa shape index (κ1) is 24.5. The molecule has 1 saturated carbocycles. The standard InChI is InChI=1S/C29H37F3N6O3/c1-17-21(4-3-5-24(17)41-2)28-23(38-19-8-9-20(38)14-35(13-19)15-26(33)39)10-11-36(28)27(40)16-37-25(29(30,31)32)12-22(34-37)18-6-7-18/h3-5,12,18-20,23,28H,6-11,13-16H2,1-2H3,(H2,33,39)/t19?,20?,23-,28-/m1/s1/i2D3. The summed E-state index contributed by atoms with van der Waals surface area (Å²) in [5, 5.41) is 4.21. The number of nitrogens with zero attached hydrogens (tertiary/aromatic N) is 5. The summed E-state index contributed by atoms with van der Waals surface area (Å²) in [6.45, 7) is 2.95. The second-order valence-corrected chi connectivity index (χ2v) is 11.8. The van der Waals surface area contributed by atoms with Crippen LogP contribution in [0.5, 0.6) is 5.75 Å². The Balaban J connectivity index is 1.34. The number of hydrogen-bond acceptors (Lipinski definition) is 6. The van der Waals surface area contributed by atoms with Crippen molar-refractivity contribution in [3.05, 3.63) is 46.8 Å². The summed E-state index contributed by atoms with van der Waals surface area (Å²) >= 11 is 0. The van der Waals surface area contributed by atoms with Crippen molar-refractivity contribution in [3.8, 4) is 5.75 Å². The van der Waals surface area contributed by atoms with Crippen molar-refractivity contribution in [2.75, 3.05) is 33.2 Å². The van der Waals surface area contributed by atoms with E-state index in [4.69, 9.17) is 14.6 Å². The van der Waals surface area contributed by atoms with E-state index in [0.29, 0.717) is 42.9 Å². The number of nitrogens with two attached hydrogens (primary N) is 1. The Morgan fingerprint density at radius 2 is 1.85 bits per heavy atom. The minimum absolute atomic E-state index is 0.0105. The van der Waals surface area contributed by atoms with Gasteiger partial charge in [0.05, 0.1) is 29.4 Å². The molecule has 2 N–H and O–H groups in total. The predicted octanol–water partition coefficient (Wildman–Crippen LogP) is 3.07. The average molecular weight is 578 g/mol. The van der Waals surface area contributed by atoms with Gasteiger partial charge < -0.3 is 15.4 Å². The lowest BCUT2D eigenvalue weighted by Crippen LogP contribution is -2.59. The van der Waals surface area contributed by atoms with Crippen LogP contribution in [0.3, 0.4) is 0 Å². The van der Waals surface area contributed by atoms with Crippen LogP contribution < -0.4 is 10.5 Å². The molecule has 2 amide bonds. The van der Waals surface area contributed by atoms with Crippen molar-refractivity contribution in [1.29, 1.82) is 0 Å². The Kier molecular flexibility index (Phi) is 6.34. The van der Waals surface area contributed by atoms with Crippen molar-refractivity contribution >= 4 is 11.8 Å². The molecule has 2 bridgehead atoms. The maximum atomic E-state index is 14.0. The van der Waals surface area contributed by atoms with Crippen LogP contribution in [0.2, 0.25) is 0 Å². The number of piperazine rings is 1. The topological polar surface area (TPSA) is 96.9 Å². The van der Waals surface area contributed by atoms with Gasteiger partial charge in [0.25, 0.3) is 0 Å². The van der Waals surface area contributed by atoms with E-state index in [9.17, 15) is 22.8 Å². The van der Waals surface area contributed by atoms with Gasteiger partial charge in [-0.1, -0.05) is 12.1 Å². The third kappa shape index (κ3) is 5.31. The number of aromatic nitrogens is 2. The quantitative estimate of drug-likeness (QED) is 0.518. The largest absolute Gasteiger partial charge is 0.496 e. The molecule has 0 spiro atoms. The molecule has 4 atom stereocenters. The highest BCUT2D eigenvalue weighted by Crippen LogP contribution is 2.45. The molecule has 3 aliphatic heterocycles. The first-order chi connectivity index (χ1) is 20.7. The van der Waals surface area contributed by atoms with Crippen LogP contribution in [-0.2, 0) is 22.3 Å². The van der Waals surface area contributed by atoms with E-state index in [1.807, 2.05) is 6.07 Å². The van der Waals surface area contributed by atoms with Crippen molar-refractivity contribution in [3.63, 3.8) is 0 Å². The zero-order chi connectivity index (χ0) is 31.6. The normalized spacial score (nSPS) is 28.4. The lowest BCUT2D eigenvalue weighted by Gasteiger charge is -2.46. The Morgan fingerprint density at radius 3 is 2.49 bits per heavy atom. The third-order valence-corrected chi connectivity index (χ3v) is 9.19. The van der Waals surface area contributed by atoms with Crippen molar-refractivity contribution < 1.29 is 31.6 Å². The van der Waals surface area contributed by atoms with Gasteiger partial charge in [0.1, 0.15) is 18.0 Å². The highest BCUT2D eigenvalue weighted by atomic mass is 19.4. The van der Waals surface area contributed by atoms with Gasteiger partial charge in [-0.2, -0.15) is 18.3 Å². The molecule has 4 aliphatic rings. The molecule has 12 heteroatoms. The smallest absolute Gasteiger partial charge is 0.433 e. The van der Waals surface area contributed by atoms with E-state index in [1.165, 1.54) is 0 Å². The molecule has 2 aromatic rings. The Bertz CT molecular complexity index is 1420. The number of amides is 2. The molecule has 2 unspecified atom stereocenters. The maximum Gasteiger partial charge on any atom is 0.433 e. The first-order valence-corrected chi connectivity index (χ1v) is 14.2. The molecule has 1 aromatic heterocycles. The summed E-state index contributed by atoms with van der Waals surface area (Å²) in [5.41, 5.74) is 6.14. The van der Waals surface area contributed by atoms with E-state index < -0.39 is 43.3 Å². The first-order valence-electron chi connectivity index (χ1n) is 15.7. The predicted molar refractivity (Wildman–Crippen MR) is 144 cm³/mol. The van der Waals surface area contributed by atoms with Crippen LogP contribution >= 0.6 is 0 Å². The fourth-order valence-electron chi connectivity index (χ4n) is 7.30. The molecule has 1 aromatic carbocycles. The maximum absolute atomic E-state index is 14.0. The van der Waals surface area contributed by atoms with Gasteiger partial charge in [-0.25, -0.2) is 0 Å². The number of ether oxygens (including phenoxy) is 1. The fourth-order valence-corrected chi connectivity index (χ4v) is 7.30. The SMILES string of the molecule is [2H]C([2H])([2H])Oc1cccc([C@@H]2[C@H](N3C4CCC3CN(CC(N)=O)C4)CCN2C(=O)Cn2nc(C3CC3)cc2C(F)(F)F)c1C. The van der Waals surface area contributed by atoms with E-state index >= 15 is 0 Å². The van der Waals surface area contributed by atoms with Crippen LogP contribution in [0, 0.1) is 6.92 Å². The summed E-state index contributed by atoms with van der Waals surface area (Å²) < 4.78 is 70.8. The van der Waals surface area contributed by atoms with Crippen molar-refractivity contribution in [1.82, 2.24) is 24.5 Å². The number of primary amides is 1. The van der Waals surface area contributed by atoms with Gasteiger partial charge in [0, 0.05) is 43.7 Å². The van der Waals surface area contributed by atoms with Gasteiger partial charge in [-0.15, -0.1) is 0 Å². The molecule has 9 nitrogen and oxygen atoms in total. The van der Waals surface area contributed by atoms with Crippen molar-refractivity contribution in [2.24, 2.45) is 5.73 Å². The minimum Gasteiger partial charge on any atom is -0.496 e. The summed E-state index contributed by atoms with van der Waals surface area (Å²) in [5.74, 6) is -0.731. The van der Waals surface area contributed by atoms with Gasteiger partial charge in [-0.05, 0) is 62.3 Å². The van der Waals surface area contributed by atoms with Gasteiger partial charge in [0.15, 0.2) is 0 Å². The van der Waals surface area contributed by atoms with E-state index in [0.717, 1.165) is 36.4 Å². The van der Waals surface area contributed by atoms with Crippen LogP contribution in [0.15, 0.2) is 24.3 Å². The molecule has 4 fully saturated rings.